The second-order valence-corrected chi connectivity index (χ2v) is 14.0. The molecule has 0 spiro atoms. The zero-order valence-corrected chi connectivity index (χ0v) is 23.1. The van der Waals surface area contributed by atoms with Crippen molar-refractivity contribution in [2.45, 2.75) is 57.6 Å². The highest BCUT2D eigenvalue weighted by atomic mass is 32.2. The third-order valence-corrected chi connectivity index (χ3v) is 10.8. The summed E-state index contributed by atoms with van der Waals surface area (Å²) < 4.78 is 62.7. The normalized spacial score (nSPS) is 25.3. The lowest BCUT2D eigenvalue weighted by molar-refractivity contribution is -0.201. The Balaban J connectivity index is 0.000000162. The van der Waals surface area contributed by atoms with Crippen LogP contribution in [0.15, 0.2) is 106 Å². The van der Waals surface area contributed by atoms with Crippen molar-refractivity contribution < 1.29 is 36.1 Å². The fraction of sp³-hybridized carbons (Fsp3) is 0.333. The van der Waals surface area contributed by atoms with Gasteiger partial charge in [-0.3, -0.25) is 4.79 Å². The Hall–Kier alpha value is -3.08. The summed E-state index contributed by atoms with van der Waals surface area (Å²) in [7, 11) is -6.14. The summed E-state index contributed by atoms with van der Waals surface area (Å²) in [6.07, 6.45) is 1.93. The van der Waals surface area contributed by atoms with Gasteiger partial charge in [0.05, 0.1) is 10.9 Å². The van der Waals surface area contributed by atoms with Crippen molar-refractivity contribution in [1.82, 2.24) is 0 Å². The second kappa shape index (κ2) is 11.1. The first-order valence-corrected chi connectivity index (χ1v) is 15.6. The number of carbonyl (C=O) groups is 2. The van der Waals surface area contributed by atoms with Crippen molar-refractivity contribution >= 4 is 32.8 Å². The largest absolute Gasteiger partial charge is 0.743 e. The maximum absolute atomic E-state index is 13.2. The summed E-state index contributed by atoms with van der Waals surface area (Å²) in [5, 5.41) is -5.10. The number of carbonyl (C=O) groups excluding carboxylic acids is 2. The molecular weight excluding hydrogens is 558 g/mol. The van der Waals surface area contributed by atoms with E-state index in [1.807, 2.05) is 0 Å². The quantitative estimate of drug-likeness (QED) is 0.212. The van der Waals surface area contributed by atoms with Crippen LogP contribution in [0, 0.1) is 17.8 Å². The summed E-state index contributed by atoms with van der Waals surface area (Å²) in [5.41, 5.74) is -1.23. The molecule has 210 valence electrons. The molecule has 4 fully saturated rings. The Bertz CT molecular complexity index is 1350. The highest BCUT2D eigenvalue weighted by Crippen LogP contribution is 2.56. The predicted octanol–water partition coefficient (Wildman–Crippen LogP) is 5.60. The van der Waals surface area contributed by atoms with E-state index in [1.54, 1.807) is 0 Å². The molecule has 3 aromatic carbocycles. The third kappa shape index (κ3) is 5.70. The van der Waals surface area contributed by atoms with Gasteiger partial charge in [-0.25, -0.2) is 13.2 Å². The van der Waals surface area contributed by atoms with E-state index in [0.29, 0.717) is 19.3 Å². The molecule has 0 heterocycles. The lowest BCUT2D eigenvalue weighted by Crippen LogP contribution is -2.58. The smallest absolute Gasteiger partial charge is 0.428 e. The standard InChI is InChI=1S/C18H15S.C12H14F2O6S/c1-4-10-16(11-5-1)19(17-12-6-2-7-13-17)18-14-8-3-9-15-18;13-12(14,21(17,18)19)10(16)20-11-3-6-1-7(4-11)9(15)8(2-6)5-11/h1-15H;6-8H,1-5H2,(H,17,18,19)/q+1;/p-1. The molecule has 0 N–H and O–H groups in total. The lowest BCUT2D eigenvalue weighted by Gasteiger charge is -2.54. The topological polar surface area (TPSA) is 101 Å². The number of esters is 1. The minimum Gasteiger partial charge on any atom is -0.743 e. The highest BCUT2D eigenvalue weighted by molar-refractivity contribution is 7.97. The SMILES string of the molecule is O=C1C2CC3CC1CC(OC(=O)C(F)(F)S(=O)(=O)[O-])(C3)C2.c1ccc([S+](c2ccccc2)c2ccccc2)cc1. The first-order valence-electron chi connectivity index (χ1n) is 13.0. The number of alkyl halides is 2. The number of rotatable bonds is 6. The van der Waals surface area contributed by atoms with E-state index in [-0.39, 0.29) is 47.3 Å². The molecule has 0 aliphatic heterocycles. The van der Waals surface area contributed by atoms with E-state index >= 15 is 0 Å². The average molecular weight is 587 g/mol. The van der Waals surface area contributed by atoms with Crippen LogP contribution in [0.3, 0.4) is 0 Å². The van der Waals surface area contributed by atoms with E-state index in [2.05, 4.69) is 91.0 Å². The average Bonchev–Trinajstić information content (AvgIpc) is 2.93. The zero-order valence-electron chi connectivity index (χ0n) is 21.4. The van der Waals surface area contributed by atoms with Crippen molar-refractivity contribution in [3.05, 3.63) is 91.0 Å². The molecular formula is C30H28F2O6S2. The van der Waals surface area contributed by atoms with Crippen LogP contribution in [-0.2, 0) is 35.3 Å². The molecule has 6 nitrogen and oxygen atoms in total. The Kier molecular flexibility index (Phi) is 7.87. The van der Waals surface area contributed by atoms with Gasteiger partial charge in [0, 0.05) is 11.8 Å². The second-order valence-electron chi connectivity index (χ2n) is 10.5. The number of halogens is 2. The van der Waals surface area contributed by atoms with Gasteiger partial charge in [0.2, 0.25) is 0 Å². The maximum Gasteiger partial charge on any atom is 0.428 e. The van der Waals surface area contributed by atoms with E-state index in [4.69, 9.17) is 4.74 Å². The van der Waals surface area contributed by atoms with Gasteiger partial charge < -0.3 is 9.29 Å². The van der Waals surface area contributed by atoms with Crippen molar-refractivity contribution in [2.75, 3.05) is 0 Å². The fourth-order valence-electron chi connectivity index (χ4n) is 6.24. The highest BCUT2D eigenvalue weighted by Gasteiger charge is 2.60. The molecule has 4 saturated carbocycles. The van der Waals surface area contributed by atoms with Crippen LogP contribution >= 0.6 is 0 Å². The van der Waals surface area contributed by atoms with Crippen LogP contribution in [0.5, 0.6) is 0 Å². The molecule has 2 unspecified atom stereocenters. The monoisotopic (exact) mass is 586 g/mol. The number of ether oxygens (including phenoxy) is 1. The summed E-state index contributed by atoms with van der Waals surface area (Å²) in [5.74, 6) is -2.78. The van der Waals surface area contributed by atoms with Gasteiger partial charge in [0.15, 0.2) is 24.8 Å². The molecule has 10 heteroatoms. The van der Waals surface area contributed by atoms with E-state index in [0.717, 1.165) is 0 Å². The molecule has 40 heavy (non-hydrogen) atoms. The number of ketones is 1. The van der Waals surface area contributed by atoms with Gasteiger partial charge in [-0.1, -0.05) is 54.6 Å². The summed E-state index contributed by atoms with van der Waals surface area (Å²) in [4.78, 5) is 27.4. The molecule has 0 radical (unpaired) electrons. The first-order chi connectivity index (χ1) is 19.0. The van der Waals surface area contributed by atoms with Crippen molar-refractivity contribution in [3.8, 4) is 0 Å². The molecule has 3 aromatic rings. The van der Waals surface area contributed by atoms with E-state index in [1.165, 1.54) is 14.7 Å². The molecule has 2 atom stereocenters. The number of hydrogen-bond acceptors (Lipinski definition) is 6. The Morgan fingerprint density at radius 2 is 1.20 bits per heavy atom. The van der Waals surface area contributed by atoms with Gasteiger partial charge in [-0.05, 0) is 74.4 Å². The van der Waals surface area contributed by atoms with Crippen LogP contribution < -0.4 is 0 Å². The van der Waals surface area contributed by atoms with Crippen LogP contribution in [0.1, 0.15) is 32.1 Å². The maximum atomic E-state index is 13.2. The van der Waals surface area contributed by atoms with E-state index < -0.39 is 26.9 Å². The number of Topliss-reactive ketones (excluding diaryl/α,β-unsaturated/α-hetero) is 1. The van der Waals surface area contributed by atoms with Gasteiger partial charge in [0.1, 0.15) is 11.4 Å². The zero-order chi connectivity index (χ0) is 28.5. The van der Waals surface area contributed by atoms with Gasteiger partial charge in [-0.2, -0.15) is 8.78 Å². The lowest BCUT2D eigenvalue weighted by atomic mass is 9.53. The third-order valence-electron chi connectivity index (χ3n) is 7.74. The Morgan fingerprint density at radius 3 is 1.57 bits per heavy atom. The van der Waals surface area contributed by atoms with Crippen molar-refractivity contribution in [1.29, 1.82) is 0 Å². The molecule has 0 aromatic heterocycles. The van der Waals surface area contributed by atoms with Gasteiger partial charge >= 0.3 is 11.2 Å². The van der Waals surface area contributed by atoms with Gasteiger partial charge in [-0.15, -0.1) is 0 Å². The minimum absolute atomic E-state index is 0.0146. The molecule has 4 aliphatic rings. The predicted molar refractivity (Wildman–Crippen MR) is 144 cm³/mol. The molecule has 7 rings (SSSR count). The van der Waals surface area contributed by atoms with E-state index in [9.17, 15) is 31.3 Å². The minimum atomic E-state index is -6.12. The fourth-order valence-corrected chi connectivity index (χ4v) is 8.59. The van der Waals surface area contributed by atoms with Crippen LogP contribution in [-0.4, -0.2) is 35.6 Å². The molecule has 4 aliphatic carbocycles. The Morgan fingerprint density at radius 1 is 0.800 bits per heavy atom. The summed E-state index contributed by atoms with van der Waals surface area (Å²) in [6, 6.07) is 32.2. The molecule has 4 bridgehead atoms. The van der Waals surface area contributed by atoms with Crippen molar-refractivity contribution in [2.24, 2.45) is 17.8 Å². The van der Waals surface area contributed by atoms with Crippen LogP contribution in [0.4, 0.5) is 8.78 Å². The number of benzene rings is 3. The first kappa shape index (κ1) is 28.4. The van der Waals surface area contributed by atoms with Gasteiger partial charge in [0.25, 0.3) is 0 Å². The van der Waals surface area contributed by atoms with Crippen molar-refractivity contribution in [3.63, 3.8) is 0 Å². The molecule has 0 amide bonds. The van der Waals surface area contributed by atoms with Crippen LogP contribution in [0.2, 0.25) is 0 Å². The summed E-state index contributed by atoms with van der Waals surface area (Å²) in [6.45, 7) is 0. The summed E-state index contributed by atoms with van der Waals surface area (Å²) >= 11 is 0. The van der Waals surface area contributed by atoms with Crippen LogP contribution in [0.25, 0.3) is 0 Å². The molecule has 0 saturated heterocycles. The Labute approximate surface area is 234 Å². The number of hydrogen-bond donors (Lipinski definition) is 0.